The molecule has 0 radical (unpaired) electrons. The van der Waals surface area contributed by atoms with Gasteiger partial charge < -0.3 is 10.2 Å². The van der Waals surface area contributed by atoms with Crippen LogP contribution in [-0.2, 0) is 0 Å². The van der Waals surface area contributed by atoms with Gasteiger partial charge in [-0.2, -0.15) is 0 Å². The van der Waals surface area contributed by atoms with Crippen LogP contribution in [0.15, 0.2) is 160 Å². The summed E-state index contributed by atoms with van der Waals surface area (Å²) in [5.41, 5.74) is 5.14. The van der Waals surface area contributed by atoms with Gasteiger partial charge in [-0.15, -0.1) is 0 Å². The topological polar surface area (TPSA) is 41.1 Å². The minimum atomic E-state index is 0.637. The molecule has 4 nitrogen and oxygen atoms in total. The molecule has 9 heteroatoms. The molecule has 216 valence electrons. The second kappa shape index (κ2) is 17.2. The maximum absolute atomic E-state index is 6.46. The second-order valence-electron chi connectivity index (χ2n) is 8.74. The first-order valence-electron chi connectivity index (χ1n) is 12.9. The summed E-state index contributed by atoms with van der Waals surface area (Å²) in [6.45, 7) is 0. The van der Waals surface area contributed by atoms with Gasteiger partial charge in [0.15, 0.2) is 0 Å². The first-order valence-corrected chi connectivity index (χ1v) is 16.1. The summed E-state index contributed by atoms with van der Waals surface area (Å²) in [6.07, 6.45) is 6.76. The average Bonchev–Trinajstić information content (AvgIpc) is 3.05. The van der Waals surface area contributed by atoms with Crippen molar-refractivity contribution in [1.29, 1.82) is 0 Å². The molecule has 0 bridgehead atoms. The molecule has 0 amide bonds. The number of halogens is 5. The predicted molar refractivity (Wildman–Crippen MR) is 192 cm³/mol. The van der Waals surface area contributed by atoms with Crippen molar-refractivity contribution < 1.29 is 0 Å². The molecule has 0 aliphatic heterocycles. The molecule has 43 heavy (non-hydrogen) atoms. The van der Waals surface area contributed by atoms with E-state index in [0.29, 0.717) is 10.0 Å². The van der Waals surface area contributed by atoms with Gasteiger partial charge in [0.1, 0.15) is 0 Å². The fourth-order valence-electron chi connectivity index (χ4n) is 3.75. The minimum Gasteiger partial charge on any atom is -0.356 e. The molecule has 0 aliphatic rings. The van der Waals surface area contributed by atoms with Crippen molar-refractivity contribution in [2.75, 3.05) is 10.2 Å². The molecular formula is C34H25Br3Cl2N4. The summed E-state index contributed by atoms with van der Waals surface area (Å²) < 4.78 is 2.38. The number of rotatable bonds is 5. The Morgan fingerprint density at radius 2 is 0.814 bits per heavy atom. The standard InChI is InChI=1S/C17H12BrClN2.C12H11N.C5H2Br2ClN/c18-15-11-20-12-16(17(15)19)21(13-7-3-1-4-8-13)14-9-5-2-6-10-14;1-3-7-11(8-4-1)13-12-9-5-2-6-10-12;6-3-1-9-2-4(7)5(3)8/h1-12H;1-10,13H;1-2H. The third-order valence-corrected chi connectivity index (χ3v) is 9.01. The van der Waals surface area contributed by atoms with Crippen molar-refractivity contribution in [3.8, 4) is 0 Å². The fourth-order valence-corrected chi connectivity index (χ4v) is 5.28. The molecule has 2 aromatic heterocycles. The summed E-state index contributed by atoms with van der Waals surface area (Å²) >= 11 is 22.1. The van der Waals surface area contributed by atoms with E-state index in [9.17, 15) is 0 Å². The number of hydrogen-bond acceptors (Lipinski definition) is 4. The molecule has 0 atom stereocenters. The second-order valence-corrected chi connectivity index (χ2v) is 12.1. The van der Waals surface area contributed by atoms with Crippen LogP contribution in [0.3, 0.4) is 0 Å². The van der Waals surface area contributed by atoms with E-state index in [0.717, 1.165) is 41.9 Å². The molecule has 0 unspecified atom stereocenters. The summed E-state index contributed by atoms with van der Waals surface area (Å²) in [7, 11) is 0. The van der Waals surface area contributed by atoms with E-state index in [1.807, 2.05) is 121 Å². The van der Waals surface area contributed by atoms with Crippen molar-refractivity contribution in [1.82, 2.24) is 9.97 Å². The number of anilines is 5. The van der Waals surface area contributed by atoms with Crippen molar-refractivity contribution in [3.05, 3.63) is 170 Å². The highest BCUT2D eigenvalue weighted by molar-refractivity contribution is 9.11. The lowest BCUT2D eigenvalue weighted by molar-refractivity contribution is 1.22. The van der Waals surface area contributed by atoms with Crippen LogP contribution in [0.4, 0.5) is 28.4 Å². The Kier molecular flexibility index (Phi) is 13.1. The molecule has 0 aliphatic carbocycles. The molecule has 2 heterocycles. The average molecular weight is 800 g/mol. The van der Waals surface area contributed by atoms with Crippen LogP contribution < -0.4 is 10.2 Å². The highest BCUT2D eigenvalue weighted by atomic mass is 79.9. The zero-order chi connectivity index (χ0) is 30.4. The van der Waals surface area contributed by atoms with Gasteiger partial charge in [-0.1, -0.05) is 96.0 Å². The minimum absolute atomic E-state index is 0.637. The van der Waals surface area contributed by atoms with Crippen LogP contribution in [0.2, 0.25) is 10.0 Å². The van der Waals surface area contributed by atoms with Crippen LogP contribution in [0.5, 0.6) is 0 Å². The predicted octanol–water partition coefficient (Wildman–Crippen LogP) is 12.7. The molecule has 0 saturated carbocycles. The highest BCUT2D eigenvalue weighted by Crippen LogP contribution is 2.40. The van der Waals surface area contributed by atoms with Crippen molar-refractivity contribution in [2.45, 2.75) is 0 Å². The number of nitrogens with one attached hydrogen (secondary N) is 1. The maximum Gasteiger partial charge on any atom is 0.0844 e. The summed E-state index contributed by atoms with van der Waals surface area (Å²) in [4.78, 5) is 10.2. The van der Waals surface area contributed by atoms with Gasteiger partial charge in [-0.05, 0) is 96.3 Å². The Labute approximate surface area is 287 Å². The van der Waals surface area contributed by atoms with E-state index in [2.05, 4.69) is 68.0 Å². The van der Waals surface area contributed by atoms with E-state index in [4.69, 9.17) is 23.2 Å². The van der Waals surface area contributed by atoms with E-state index in [1.165, 1.54) is 0 Å². The van der Waals surface area contributed by atoms with Gasteiger partial charge >= 0.3 is 0 Å². The van der Waals surface area contributed by atoms with Crippen molar-refractivity contribution >= 4 is 99.4 Å². The Hall–Kier alpha value is -3.20. The number of aromatic nitrogens is 2. The van der Waals surface area contributed by atoms with Crippen LogP contribution in [-0.4, -0.2) is 9.97 Å². The third kappa shape index (κ3) is 9.91. The van der Waals surface area contributed by atoms with Gasteiger partial charge in [0, 0.05) is 41.3 Å². The van der Waals surface area contributed by atoms with Gasteiger partial charge in [0.2, 0.25) is 0 Å². The number of hydrogen-bond donors (Lipinski definition) is 1. The number of benzene rings is 4. The van der Waals surface area contributed by atoms with Crippen molar-refractivity contribution in [3.63, 3.8) is 0 Å². The van der Waals surface area contributed by atoms with E-state index in [-0.39, 0.29) is 0 Å². The molecule has 6 aromatic rings. The number of pyridine rings is 2. The number of para-hydroxylation sites is 4. The Morgan fingerprint density at radius 3 is 1.21 bits per heavy atom. The third-order valence-electron chi connectivity index (χ3n) is 5.72. The van der Waals surface area contributed by atoms with Crippen molar-refractivity contribution in [2.24, 2.45) is 0 Å². The molecule has 0 fully saturated rings. The molecule has 6 rings (SSSR count). The van der Waals surface area contributed by atoms with Gasteiger partial charge in [-0.3, -0.25) is 9.97 Å². The molecule has 4 aromatic carbocycles. The molecular weight excluding hydrogens is 775 g/mol. The van der Waals surface area contributed by atoms with Gasteiger partial charge in [0.05, 0.1) is 35.3 Å². The van der Waals surface area contributed by atoms with E-state index >= 15 is 0 Å². The molecule has 0 saturated heterocycles. The lowest BCUT2D eigenvalue weighted by Gasteiger charge is -2.26. The smallest absolute Gasteiger partial charge is 0.0844 e. The zero-order valence-electron chi connectivity index (χ0n) is 22.6. The first-order chi connectivity index (χ1) is 20.9. The van der Waals surface area contributed by atoms with Crippen LogP contribution in [0.1, 0.15) is 0 Å². The normalized spacial score (nSPS) is 9.98. The Morgan fingerprint density at radius 1 is 0.465 bits per heavy atom. The first kappa shape index (κ1) is 32.7. The SMILES string of the molecule is Clc1c(Br)cncc1Br.Clc1c(Br)cncc1N(c1ccccc1)c1ccccc1.c1ccc(Nc2ccccc2)cc1. The van der Waals surface area contributed by atoms with Crippen LogP contribution in [0.25, 0.3) is 0 Å². The summed E-state index contributed by atoms with van der Waals surface area (Å²) in [6, 6.07) is 40.5. The van der Waals surface area contributed by atoms with E-state index in [1.54, 1.807) is 24.8 Å². The quantitative estimate of drug-likeness (QED) is 0.189. The summed E-state index contributed by atoms with van der Waals surface area (Å²) in [5, 5.41) is 4.60. The largest absolute Gasteiger partial charge is 0.356 e. The lowest BCUT2D eigenvalue weighted by atomic mass is 10.2. The van der Waals surface area contributed by atoms with Crippen LogP contribution in [0, 0.1) is 0 Å². The maximum atomic E-state index is 6.46. The van der Waals surface area contributed by atoms with Gasteiger partial charge in [0.25, 0.3) is 0 Å². The summed E-state index contributed by atoms with van der Waals surface area (Å²) in [5.74, 6) is 0. The highest BCUT2D eigenvalue weighted by Gasteiger charge is 2.16. The molecule has 0 spiro atoms. The number of nitrogens with zero attached hydrogens (tertiary/aromatic N) is 3. The Balaban J connectivity index is 0.000000163. The van der Waals surface area contributed by atoms with Gasteiger partial charge in [-0.25, -0.2) is 0 Å². The zero-order valence-corrected chi connectivity index (χ0v) is 28.9. The van der Waals surface area contributed by atoms with E-state index < -0.39 is 0 Å². The molecule has 1 N–H and O–H groups in total. The Bertz CT molecular complexity index is 1600. The monoisotopic (exact) mass is 796 g/mol. The lowest BCUT2D eigenvalue weighted by Crippen LogP contribution is -2.10. The van der Waals surface area contributed by atoms with Crippen LogP contribution >= 0.6 is 71.0 Å². The fraction of sp³-hybridized carbons (Fsp3) is 0.